The summed E-state index contributed by atoms with van der Waals surface area (Å²) in [6.07, 6.45) is 2.15. The molecule has 6 nitrogen and oxygen atoms in total. The van der Waals surface area contributed by atoms with E-state index in [1.807, 2.05) is 7.05 Å². The van der Waals surface area contributed by atoms with E-state index in [-0.39, 0.29) is 15.4 Å². The van der Waals surface area contributed by atoms with Gasteiger partial charge in [0.25, 0.3) is 10.0 Å². The van der Waals surface area contributed by atoms with Crippen LogP contribution in [0.2, 0.25) is 0 Å². The molecule has 2 heterocycles. The Hall–Kier alpha value is -0.700. The van der Waals surface area contributed by atoms with Crippen molar-refractivity contribution in [3.63, 3.8) is 0 Å². The molecule has 102 valence electrons. The van der Waals surface area contributed by atoms with Gasteiger partial charge in [0.15, 0.2) is 9.34 Å². The number of hydrogen-bond donors (Lipinski definition) is 2. The largest absolute Gasteiger partial charge is 0.375 e. The number of nitrogen functional groups attached to an aromatic ring is 1. The van der Waals surface area contributed by atoms with Crippen molar-refractivity contribution in [2.75, 3.05) is 25.9 Å². The predicted octanol–water partition coefficient (Wildman–Crippen LogP) is 0.406. The second-order valence-corrected chi connectivity index (χ2v) is 7.55. The van der Waals surface area contributed by atoms with Gasteiger partial charge in [-0.15, -0.1) is 0 Å². The van der Waals surface area contributed by atoms with E-state index in [9.17, 15) is 8.42 Å². The van der Waals surface area contributed by atoms with Gasteiger partial charge in [0.05, 0.1) is 5.69 Å². The molecule has 1 aliphatic rings. The molecule has 0 saturated carbocycles. The van der Waals surface area contributed by atoms with E-state index in [2.05, 4.69) is 14.6 Å². The second kappa shape index (κ2) is 5.12. The van der Waals surface area contributed by atoms with Crippen LogP contribution in [0.5, 0.6) is 0 Å². The first-order chi connectivity index (χ1) is 8.40. The van der Waals surface area contributed by atoms with E-state index < -0.39 is 10.0 Å². The third-order valence-corrected chi connectivity index (χ3v) is 6.21. The molecule has 1 atom stereocenters. The number of hydrogen-bond acceptors (Lipinski definition) is 6. The van der Waals surface area contributed by atoms with Crippen molar-refractivity contribution in [2.24, 2.45) is 0 Å². The van der Waals surface area contributed by atoms with Crippen LogP contribution in [0, 0.1) is 6.92 Å². The Morgan fingerprint density at radius 3 is 2.83 bits per heavy atom. The third-order valence-electron chi connectivity index (χ3n) is 3.20. The van der Waals surface area contributed by atoms with Crippen LogP contribution in [0.25, 0.3) is 0 Å². The van der Waals surface area contributed by atoms with Crippen molar-refractivity contribution in [3.05, 3.63) is 5.69 Å². The molecule has 2 rings (SSSR count). The summed E-state index contributed by atoms with van der Waals surface area (Å²) < 4.78 is 27.1. The number of likely N-dealkylation sites (tertiary alicyclic amines) is 1. The minimum absolute atomic E-state index is 0.223. The van der Waals surface area contributed by atoms with Crippen molar-refractivity contribution in [1.82, 2.24) is 14.6 Å². The molecule has 3 N–H and O–H groups in total. The summed E-state index contributed by atoms with van der Waals surface area (Å²) in [5, 5.41) is 0.283. The number of nitrogens with two attached hydrogens (primary N) is 1. The van der Waals surface area contributed by atoms with Gasteiger partial charge in [0.2, 0.25) is 0 Å². The summed E-state index contributed by atoms with van der Waals surface area (Å²) in [7, 11) is -1.47. The van der Waals surface area contributed by atoms with Gasteiger partial charge in [-0.05, 0) is 33.4 Å². The summed E-state index contributed by atoms with van der Waals surface area (Å²) in [6.45, 7) is 3.12. The average molecular weight is 290 g/mol. The smallest absolute Gasteiger partial charge is 0.252 e. The van der Waals surface area contributed by atoms with Crippen LogP contribution in [0.3, 0.4) is 0 Å². The lowest BCUT2D eigenvalue weighted by molar-refractivity contribution is 0.311. The standard InChI is InChI=1S/C10H18N4O2S2/c1-7-9(17-10(11)13-7)18(15,16)12-6-8-4-3-5-14(8)2/h8,12H,3-6H2,1-2H3,(H2,11,13). The van der Waals surface area contributed by atoms with E-state index in [4.69, 9.17) is 5.73 Å². The Labute approximate surface area is 111 Å². The van der Waals surface area contributed by atoms with Crippen molar-refractivity contribution in [3.8, 4) is 0 Å². The Balaban J connectivity index is 2.06. The number of rotatable bonds is 4. The minimum atomic E-state index is -3.48. The van der Waals surface area contributed by atoms with Crippen LogP contribution in [-0.4, -0.2) is 44.5 Å². The van der Waals surface area contributed by atoms with E-state index in [0.29, 0.717) is 12.2 Å². The van der Waals surface area contributed by atoms with Gasteiger partial charge in [-0.1, -0.05) is 11.3 Å². The van der Waals surface area contributed by atoms with E-state index in [1.165, 1.54) is 0 Å². The Kier molecular flexibility index (Phi) is 3.90. The van der Waals surface area contributed by atoms with Crippen molar-refractivity contribution in [1.29, 1.82) is 0 Å². The third kappa shape index (κ3) is 2.82. The molecule has 18 heavy (non-hydrogen) atoms. The van der Waals surface area contributed by atoms with E-state index in [0.717, 1.165) is 30.7 Å². The molecule has 0 bridgehead atoms. The molecule has 1 aromatic heterocycles. The zero-order valence-electron chi connectivity index (χ0n) is 10.5. The molecule has 1 aromatic rings. The molecule has 1 unspecified atom stereocenters. The Bertz CT molecular complexity index is 526. The van der Waals surface area contributed by atoms with Gasteiger partial charge in [-0.25, -0.2) is 18.1 Å². The van der Waals surface area contributed by atoms with Crippen LogP contribution in [-0.2, 0) is 10.0 Å². The van der Waals surface area contributed by atoms with E-state index in [1.54, 1.807) is 6.92 Å². The maximum absolute atomic E-state index is 12.1. The van der Waals surface area contributed by atoms with Gasteiger partial charge in [-0.3, -0.25) is 0 Å². The van der Waals surface area contributed by atoms with E-state index >= 15 is 0 Å². The summed E-state index contributed by atoms with van der Waals surface area (Å²) in [5.74, 6) is 0. The number of likely N-dealkylation sites (N-methyl/N-ethyl adjacent to an activating group) is 1. The lowest BCUT2D eigenvalue weighted by Crippen LogP contribution is -2.38. The highest BCUT2D eigenvalue weighted by Gasteiger charge is 2.25. The quantitative estimate of drug-likeness (QED) is 0.838. The van der Waals surface area contributed by atoms with Crippen molar-refractivity contribution in [2.45, 2.75) is 30.0 Å². The summed E-state index contributed by atoms with van der Waals surface area (Å²) >= 11 is 1.01. The normalized spacial score (nSPS) is 21.6. The molecule has 1 aliphatic heterocycles. The van der Waals surface area contributed by atoms with Gasteiger partial charge in [0, 0.05) is 12.6 Å². The SMILES string of the molecule is Cc1nc(N)sc1S(=O)(=O)NCC1CCCN1C. The highest BCUT2D eigenvalue weighted by molar-refractivity contribution is 7.91. The maximum Gasteiger partial charge on any atom is 0.252 e. The molecule has 0 spiro atoms. The molecule has 0 aromatic carbocycles. The van der Waals surface area contributed by atoms with Crippen molar-refractivity contribution < 1.29 is 8.42 Å². The summed E-state index contributed by atoms with van der Waals surface area (Å²) in [4.78, 5) is 6.12. The van der Waals surface area contributed by atoms with Crippen LogP contribution >= 0.6 is 11.3 Å². The van der Waals surface area contributed by atoms with Crippen LogP contribution < -0.4 is 10.5 Å². The summed E-state index contributed by atoms with van der Waals surface area (Å²) in [5.41, 5.74) is 5.99. The summed E-state index contributed by atoms with van der Waals surface area (Å²) in [6, 6.07) is 0.283. The number of aryl methyl sites for hydroxylation is 1. The van der Waals surface area contributed by atoms with Gasteiger partial charge >= 0.3 is 0 Å². The zero-order valence-corrected chi connectivity index (χ0v) is 12.1. The lowest BCUT2D eigenvalue weighted by atomic mass is 10.2. The molecule has 1 fully saturated rings. The molecule has 0 amide bonds. The number of sulfonamides is 1. The fraction of sp³-hybridized carbons (Fsp3) is 0.700. The molecular weight excluding hydrogens is 272 g/mol. The maximum atomic E-state index is 12.1. The first-order valence-electron chi connectivity index (χ1n) is 5.83. The molecule has 0 aliphatic carbocycles. The van der Waals surface area contributed by atoms with Crippen molar-refractivity contribution >= 4 is 26.5 Å². The highest BCUT2D eigenvalue weighted by atomic mass is 32.2. The number of nitrogens with zero attached hydrogens (tertiary/aromatic N) is 2. The molecule has 0 radical (unpaired) electrons. The van der Waals surface area contributed by atoms with Gasteiger partial charge in [-0.2, -0.15) is 0 Å². The number of nitrogens with one attached hydrogen (secondary N) is 1. The highest BCUT2D eigenvalue weighted by Crippen LogP contribution is 2.25. The fourth-order valence-corrected chi connectivity index (χ4v) is 4.58. The zero-order chi connectivity index (χ0) is 13.3. The Morgan fingerprint density at radius 1 is 1.61 bits per heavy atom. The van der Waals surface area contributed by atoms with Gasteiger partial charge in [0.1, 0.15) is 0 Å². The molecular formula is C10H18N4O2S2. The monoisotopic (exact) mass is 290 g/mol. The topological polar surface area (TPSA) is 88.3 Å². The molecule has 1 saturated heterocycles. The van der Waals surface area contributed by atoms with Crippen LogP contribution in [0.4, 0.5) is 5.13 Å². The number of anilines is 1. The molecule has 8 heteroatoms. The number of thiazole rings is 1. The fourth-order valence-electron chi connectivity index (χ4n) is 2.16. The lowest BCUT2D eigenvalue weighted by Gasteiger charge is -2.19. The number of aromatic nitrogens is 1. The van der Waals surface area contributed by atoms with Gasteiger partial charge < -0.3 is 10.6 Å². The average Bonchev–Trinajstić information content (AvgIpc) is 2.82. The first kappa shape index (κ1) is 13.7. The second-order valence-electron chi connectivity index (χ2n) is 4.55. The first-order valence-corrected chi connectivity index (χ1v) is 8.13. The van der Waals surface area contributed by atoms with Crippen LogP contribution in [0.15, 0.2) is 4.21 Å². The Morgan fingerprint density at radius 2 is 2.33 bits per heavy atom. The van der Waals surface area contributed by atoms with Crippen LogP contribution in [0.1, 0.15) is 18.5 Å². The minimum Gasteiger partial charge on any atom is -0.375 e. The predicted molar refractivity (Wildman–Crippen MR) is 72.1 cm³/mol.